The average molecular weight is 288 g/mol. The smallest absolute Gasteiger partial charge is 0.150 e. The highest BCUT2D eigenvalue weighted by atomic mass is 32.1. The molecule has 2 aromatic heterocycles. The molecule has 1 spiro atoms. The second kappa shape index (κ2) is 4.97. The van der Waals surface area contributed by atoms with Crippen LogP contribution in [0.4, 0.5) is 5.82 Å². The van der Waals surface area contributed by atoms with E-state index in [4.69, 9.17) is 0 Å². The third-order valence-electron chi connectivity index (χ3n) is 4.84. The molecule has 2 fully saturated rings. The van der Waals surface area contributed by atoms with E-state index in [1.165, 1.54) is 42.6 Å². The second-order valence-corrected chi connectivity index (χ2v) is 6.83. The number of nitrogens with zero attached hydrogens (tertiary/aromatic N) is 3. The van der Waals surface area contributed by atoms with E-state index in [0.717, 1.165) is 25.2 Å². The molecule has 4 nitrogen and oxygen atoms in total. The Kier molecular flexibility index (Phi) is 3.11. The Hall–Kier alpha value is -1.20. The van der Waals surface area contributed by atoms with Crippen molar-refractivity contribution in [3.63, 3.8) is 0 Å². The van der Waals surface area contributed by atoms with Crippen molar-refractivity contribution in [1.82, 2.24) is 15.3 Å². The van der Waals surface area contributed by atoms with E-state index in [1.54, 1.807) is 17.7 Å². The highest BCUT2D eigenvalue weighted by Crippen LogP contribution is 2.42. The van der Waals surface area contributed by atoms with E-state index in [9.17, 15) is 0 Å². The molecular formula is C15H20N4S. The molecule has 0 aromatic carbocycles. The summed E-state index contributed by atoms with van der Waals surface area (Å²) in [6.45, 7) is 3.44. The quantitative estimate of drug-likeness (QED) is 0.876. The van der Waals surface area contributed by atoms with Crippen LogP contribution >= 0.6 is 11.3 Å². The Bertz CT molecular complexity index is 601. The third-order valence-corrected chi connectivity index (χ3v) is 5.74. The third kappa shape index (κ3) is 1.91. The Morgan fingerprint density at radius 2 is 2.10 bits per heavy atom. The van der Waals surface area contributed by atoms with Gasteiger partial charge in [-0.1, -0.05) is 0 Å². The predicted molar refractivity (Wildman–Crippen MR) is 83.4 cm³/mol. The number of aromatic nitrogens is 2. The van der Waals surface area contributed by atoms with Crippen molar-refractivity contribution >= 4 is 27.4 Å². The van der Waals surface area contributed by atoms with E-state index >= 15 is 0 Å². The number of fused-ring (bicyclic) bond motifs is 1. The number of anilines is 1. The van der Waals surface area contributed by atoms with Crippen LogP contribution in [0.25, 0.3) is 10.2 Å². The molecule has 4 heterocycles. The second-order valence-electron chi connectivity index (χ2n) is 5.92. The molecule has 4 rings (SSSR count). The van der Waals surface area contributed by atoms with E-state index in [0.29, 0.717) is 5.54 Å². The molecule has 0 radical (unpaired) electrons. The Labute approximate surface area is 123 Å². The molecule has 2 saturated heterocycles. The minimum atomic E-state index is 0.328. The van der Waals surface area contributed by atoms with Gasteiger partial charge in [-0.3, -0.25) is 0 Å². The largest absolute Gasteiger partial charge is 0.350 e. The fourth-order valence-electron chi connectivity index (χ4n) is 3.87. The first kappa shape index (κ1) is 12.5. The van der Waals surface area contributed by atoms with Gasteiger partial charge in [-0.05, 0) is 56.6 Å². The monoisotopic (exact) mass is 288 g/mol. The molecule has 2 aliphatic rings. The van der Waals surface area contributed by atoms with Crippen molar-refractivity contribution in [1.29, 1.82) is 0 Å². The lowest BCUT2D eigenvalue weighted by molar-refractivity contribution is 0.380. The van der Waals surface area contributed by atoms with Crippen LogP contribution in [0.2, 0.25) is 0 Å². The van der Waals surface area contributed by atoms with E-state index in [-0.39, 0.29) is 0 Å². The van der Waals surface area contributed by atoms with Crippen molar-refractivity contribution in [3.8, 4) is 0 Å². The summed E-state index contributed by atoms with van der Waals surface area (Å²) in [6.07, 6.45) is 8.13. The number of hydrogen-bond acceptors (Lipinski definition) is 5. The molecule has 0 amide bonds. The molecule has 0 saturated carbocycles. The first-order valence-electron chi connectivity index (χ1n) is 7.56. The van der Waals surface area contributed by atoms with Crippen molar-refractivity contribution in [2.45, 2.75) is 37.6 Å². The van der Waals surface area contributed by atoms with Gasteiger partial charge in [-0.25, -0.2) is 9.97 Å². The van der Waals surface area contributed by atoms with Crippen molar-refractivity contribution in [2.75, 3.05) is 24.5 Å². The van der Waals surface area contributed by atoms with Crippen molar-refractivity contribution < 1.29 is 0 Å². The maximum atomic E-state index is 4.65. The summed E-state index contributed by atoms with van der Waals surface area (Å²) in [5.41, 5.74) is 1.42. The van der Waals surface area contributed by atoms with Gasteiger partial charge in [0.05, 0.1) is 10.2 Å². The minimum Gasteiger partial charge on any atom is -0.350 e. The molecule has 2 aliphatic heterocycles. The SMILES string of the molecule is c1nc(N2CCCC23CCCNCC3)c2sccc2n1. The zero-order chi connectivity index (χ0) is 13.4. The summed E-state index contributed by atoms with van der Waals surface area (Å²) in [6, 6.07) is 2.10. The van der Waals surface area contributed by atoms with E-state index in [1.807, 2.05) is 0 Å². The molecule has 0 bridgehead atoms. The number of hydrogen-bond donors (Lipinski definition) is 1. The molecule has 1 N–H and O–H groups in total. The van der Waals surface area contributed by atoms with Gasteiger partial charge in [0.25, 0.3) is 0 Å². The highest BCUT2D eigenvalue weighted by molar-refractivity contribution is 7.17. The van der Waals surface area contributed by atoms with Gasteiger partial charge < -0.3 is 10.2 Å². The zero-order valence-electron chi connectivity index (χ0n) is 11.6. The van der Waals surface area contributed by atoms with Gasteiger partial charge in [0.2, 0.25) is 0 Å². The van der Waals surface area contributed by atoms with Gasteiger partial charge in [0, 0.05) is 12.1 Å². The summed E-state index contributed by atoms with van der Waals surface area (Å²) < 4.78 is 1.26. The van der Waals surface area contributed by atoms with Gasteiger partial charge >= 0.3 is 0 Å². The van der Waals surface area contributed by atoms with Crippen LogP contribution < -0.4 is 10.2 Å². The number of nitrogens with one attached hydrogen (secondary N) is 1. The van der Waals surface area contributed by atoms with Crippen LogP contribution in [-0.4, -0.2) is 35.1 Å². The first-order valence-corrected chi connectivity index (χ1v) is 8.44. The van der Waals surface area contributed by atoms with Crippen molar-refractivity contribution in [3.05, 3.63) is 17.8 Å². The van der Waals surface area contributed by atoms with Crippen LogP contribution in [0, 0.1) is 0 Å². The fraction of sp³-hybridized carbons (Fsp3) is 0.600. The van der Waals surface area contributed by atoms with Crippen LogP contribution in [0.15, 0.2) is 17.8 Å². The number of thiophene rings is 1. The normalized spacial score (nSPS) is 27.3. The molecule has 1 unspecified atom stereocenters. The lowest BCUT2D eigenvalue weighted by atomic mass is 9.87. The Morgan fingerprint density at radius 3 is 3.10 bits per heavy atom. The van der Waals surface area contributed by atoms with Gasteiger partial charge in [-0.2, -0.15) is 0 Å². The molecule has 1 atom stereocenters. The molecule has 0 aliphatic carbocycles. The summed E-state index contributed by atoms with van der Waals surface area (Å²) in [5.74, 6) is 1.17. The maximum Gasteiger partial charge on any atom is 0.150 e. The molecule has 20 heavy (non-hydrogen) atoms. The predicted octanol–water partition coefficient (Wildman–Crippen LogP) is 2.80. The minimum absolute atomic E-state index is 0.328. The average Bonchev–Trinajstić information content (AvgIpc) is 3.02. The Balaban J connectivity index is 1.78. The standard InChI is InChI=1S/C15H20N4S/c1-4-15(6-8-16-7-1)5-2-9-19(15)14-13-12(3-10-20-13)17-11-18-14/h3,10-11,16H,1-2,4-9H2. The Morgan fingerprint density at radius 1 is 1.15 bits per heavy atom. The van der Waals surface area contributed by atoms with Crippen molar-refractivity contribution in [2.24, 2.45) is 0 Å². The fourth-order valence-corrected chi connectivity index (χ4v) is 4.71. The van der Waals surface area contributed by atoms with E-state index < -0.39 is 0 Å². The highest BCUT2D eigenvalue weighted by Gasteiger charge is 2.42. The molecular weight excluding hydrogens is 268 g/mol. The summed E-state index contributed by atoms with van der Waals surface area (Å²) in [7, 11) is 0. The lowest BCUT2D eigenvalue weighted by Gasteiger charge is -2.39. The van der Waals surface area contributed by atoms with E-state index in [2.05, 4.69) is 31.6 Å². The number of rotatable bonds is 1. The van der Waals surface area contributed by atoms with Gasteiger partial charge in [-0.15, -0.1) is 11.3 Å². The van der Waals surface area contributed by atoms with Gasteiger partial charge in [0.15, 0.2) is 0 Å². The van der Waals surface area contributed by atoms with Gasteiger partial charge in [0.1, 0.15) is 12.1 Å². The molecule has 2 aromatic rings. The molecule has 5 heteroatoms. The maximum absolute atomic E-state index is 4.65. The van der Waals surface area contributed by atoms with Crippen LogP contribution in [0.1, 0.15) is 32.1 Å². The lowest BCUT2D eigenvalue weighted by Crippen LogP contribution is -2.45. The first-order chi connectivity index (χ1) is 9.89. The molecule has 106 valence electrons. The topological polar surface area (TPSA) is 41.1 Å². The van der Waals surface area contributed by atoms with Crippen LogP contribution in [0.5, 0.6) is 0 Å². The summed E-state index contributed by atoms with van der Waals surface area (Å²) in [4.78, 5) is 11.6. The van der Waals surface area contributed by atoms with Crippen LogP contribution in [-0.2, 0) is 0 Å². The summed E-state index contributed by atoms with van der Waals surface area (Å²) >= 11 is 1.77. The van der Waals surface area contributed by atoms with Crippen LogP contribution in [0.3, 0.4) is 0 Å². The summed E-state index contributed by atoms with van der Waals surface area (Å²) in [5, 5.41) is 5.67. The zero-order valence-corrected chi connectivity index (χ0v) is 12.5.